The number of nitrogens with zero attached hydrogens (tertiary/aromatic N) is 1. The summed E-state index contributed by atoms with van der Waals surface area (Å²) < 4.78 is 51.7. The number of phosphoric acid groups is 3. The van der Waals surface area contributed by atoms with Crippen molar-refractivity contribution in [1.82, 2.24) is 9.55 Å². The summed E-state index contributed by atoms with van der Waals surface area (Å²) in [5.41, 5.74) is 1.60. The number of rotatable bonds is 13. The Bertz CT molecular complexity index is 1030. The largest absolute Gasteiger partial charge is 0.490 e. The van der Waals surface area contributed by atoms with Crippen LogP contribution in [0.2, 0.25) is 0 Å². The molecule has 0 saturated carbocycles. The van der Waals surface area contributed by atoms with Crippen LogP contribution in [0.1, 0.15) is 13.2 Å². The molecule has 0 bridgehead atoms. The quantitative estimate of drug-likeness (QED) is 0.122. The van der Waals surface area contributed by atoms with E-state index in [-0.39, 0.29) is 0 Å². The Morgan fingerprint density at radius 1 is 1.16 bits per heavy atom. The fourth-order valence-corrected chi connectivity index (χ4v) is 5.21. The van der Waals surface area contributed by atoms with Crippen molar-refractivity contribution in [3.63, 3.8) is 0 Å². The molecular weight excluding hydrogens is 507 g/mol. The van der Waals surface area contributed by atoms with Crippen LogP contribution in [0.25, 0.3) is 0 Å². The lowest BCUT2D eigenvalue weighted by atomic mass is 9.99. The average Bonchev–Trinajstić information content (AvgIpc) is 2.59. The number of hydrogen-bond acceptors (Lipinski definition) is 12. The molecule has 0 fully saturated rings. The van der Waals surface area contributed by atoms with Gasteiger partial charge < -0.3 is 40.3 Å². The molecule has 0 saturated heterocycles. The van der Waals surface area contributed by atoms with Crippen LogP contribution in [0.15, 0.2) is 21.9 Å². The van der Waals surface area contributed by atoms with Gasteiger partial charge in [-0.15, -0.1) is 0 Å². The van der Waals surface area contributed by atoms with E-state index in [4.69, 9.17) is 25.2 Å². The molecule has 0 aliphatic carbocycles. The SMILES string of the molecule is C[C@H](O)[C@@](CN)(COP(=O)(O)OP(=O)(O)OP(=O)(O)O)O[C@H](CO)n1ccc(=O)[nH]c1=O. The van der Waals surface area contributed by atoms with Crippen LogP contribution in [0, 0.1) is 0 Å². The third-order valence-electron chi connectivity index (χ3n) is 3.68. The van der Waals surface area contributed by atoms with E-state index in [1.165, 1.54) is 0 Å². The van der Waals surface area contributed by atoms with Crippen LogP contribution in [-0.2, 0) is 31.6 Å². The van der Waals surface area contributed by atoms with Crippen molar-refractivity contribution in [3.8, 4) is 0 Å². The molecule has 1 rings (SSSR count). The molecule has 5 atom stereocenters. The molecule has 9 N–H and O–H groups in total. The summed E-state index contributed by atoms with van der Waals surface area (Å²) in [6.07, 6.45) is -2.30. The number of nitrogens with one attached hydrogen (secondary N) is 1. The second-order valence-corrected chi connectivity index (χ2v) is 10.5. The Kier molecular flexibility index (Phi) is 9.87. The van der Waals surface area contributed by atoms with Gasteiger partial charge in [-0.05, 0) is 6.92 Å². The number of aromatic nitrogens is 2. The number of phosphoric ester groups is 1. The first-order valence-electron chi connectivity index (χ1n) is 8.22. The van der Waals surface area contributed by atoms with Gasteiger partial charge in [0, 0.05) is 18.8 Å². The van der Waals surface area contributed by atoms with Gasteiger partial charge in [0.1, 0.15) is 5.60 Å². The molecule has 18 nitrogen and oxygen atoms in total. The van der Waals surface area contributed by atoms with Crippen molar-refractivity contribution in [2.75, 3.05) is 19.8 Å². The van der Waals surface area contributed by atoms with E-state index in [1.54, 1.807) is 0 Å². The second-order valence-electron chi connectivity index (χ2n) is 6.08. The number of nitrogens with two attached hydrogens (primary N) is 1. The lowest BCUT2D eigenvalue weighted by Gasteiger charge is -2.38. The number of H-pyrrole nitrogens is 1. The summed E-state index contributed by atoms with van der Waals surface area (Å²) >= 11 is 0. The zero-order valence-corrected chi connectivity index (χ0v) is 18.8. The first kappa shape index (κ1) is 29.0. The lowest BCUT2D eigenvalue weighted by molar-refractivity contribution is -0.195. The van der Waals surface area contributed by atoms with Crippen molar-refractivity contribution in [2.45, 2.75) is 24.9 Å². The molecule has 1 heterocycles. The molecule has 0 aliphatic heterocycles. The van der Waals surface area contributed by atoms with Crippen molar-refractivity contribution >= 4 is 23.5 Å². The van der Waals surface area contributed by atoms with Gasteiger partial charge in [0.25, 0.3) is 5.56 Å². The molecule has 21 heteroatoms. The third-order valence-corrected chi connectivity index (χ3v) is 7.47. The van der Waals surface area contributed by atoms with Crippen molar-refractivity contribution in [2.24, 2.45) is 5.73 Å². The first-order chi connectivity index (χ1) is 14.5. The molecule has 2 unspecified atom stereocenters. The molecule has 0 spiro atoms. The second kappa shape index (κ2) is 10.9. The van der Waals surface area contributed by atoms with E-state index >= 15 is 0 Å². The van der Waals surface area contributed by atoms with Crippen molar-refractivity contribution in [1.29, 1.82) is 0 Å². The average molecular weight is 529 g/mol. The van der Waals surface area contributed by atoms with E-state index in [0.29, 0.717) is 4.57 Å². The van der Waals surface area contributed by atoms with Crippen LogP contribution in [0.4, 0.5) is 0 Å². The molecule has 186 valence electrons. The molecule has 0 aromatic carbocycles. The van der Waals surface area contributed by atoms with Gasteiger partial charge in [0.05, 0.1) is 19.3 Å². The molecule has 32 heavy (non-hydrogen) atoms. The maximum absolute atomic E-state index is 11.9. The topological polar surface area (TPSA) is 290 Å². The van der Waals surface area contributed by atoms with E-state index in [1.807, 2.05) is 4.98 Å². The van der Waals surface area contributed by atoms with Crippen LogP contribution < -0.4 is 17.0 Å². The maximum atomic E-state index is 11.9. The fourth-order valence-electron chi connectivity index (χ4n) is 2.13. The number of hydrogen-bond donors (Lipinski definition) is 8. The standard InChI is InChI=1S/C11H22N3O15P3/c1-7(16)11(5-12,27-9(4-15)14-3-2-8(17)13-10(14)18)6-26-31(22,23)29-32(24,25)28-30(19,20)21/h2-3,7,9,15-16H,4-6,12H2,1H3,(H,22,23)(H,24,25)(H,13,17,18)(H2,19,20,21)/t7-,9+,11+/m0/s1. The van der Waals surface area contributed by atoms with Gasteiger partial charge in [0.15, 0.2) is 6.23 Å². The van der Waals surface area contributed by atoms with Crippen molar-refractivity contribution < 1.29 is 61.4 Å². The van der Waals surface area contributed by atoms with Gasteiger partial charge in [-0.1, -0.05) is 0 Å². The summed E-state index contributed by atoms with van der Waals surface area (Å²) in [4.78, 5) is 60.8. The monoisotopic (exact) mass is 529 g/mol. The van der Waals surface area contributed by atoms with Gasteiger partial charge in [-0.2, -0.15) is 8.62 Å². The summed E-state index contributed by atoms with van der Waals surface area (Å²) in [6.45, 7) is -1.69. The van der Waals surface area contributed by atoms with E-state index < -0.39 is 72.4 Å². The lowest BCUT2D eigenvalue weighted by Crippen LogP contribution is -2.55. The highest BCUT2D eigenvalue weighted by molar-refractivity contribution is 7.66. The first-order valence-corrected chi connectivity index (χ1v) is 12.7. The fraction of sp³-hybridized carbons (Fsp3) is 0.636. The Morgan fingerprint density at radius 2 is 1.75 bits per heavy atom. The summed E-state index contributed by atoms with van der Waals surface area (Å²) in [7, 11) is -17.0. The summed E-state index contributed by atoms with van der Waals surface area (Å²) in [6, 6.07) is 0.909. The van der Waals surface area contributed by atoms with Gasteiger partial charge in [-0.25, -0.2) is 18.5 Å². The predicted molar refractivity (Wildman–Crippen MR) is 102 cm³/mol. The van der Waals surface area contributed by atoms with Crippen LogP contribution in [0.3, 0.4) is 0 Å². The summed E-state index contributed by atoms with van der Waals surface area (Å²) in [5.74, 6) is 0. The minimum atomic E-state index is -5.80. The Morgan fingerprint density at radius 3 is 2.19 bits per heavy atom. The van der Waals surface area contributed by atoms with Gasteiger partial charge in [-0.3, -0.25) is 18.9 Å². The molecule has 1 aromatic rings. The molecule has 0 aliphatic rings. The van der Waals surface area contributed by atoms with E-state index in [0.717, 1.165) is 19.2 Å². The van der Waals surface area contributed by atoms with E-state index in [9.17, 15) is 38.4 Å². The van der Waals surface area contributed by atoms with Gasteiger partial charge >= 0.3 is 29.2 Å². The zero-order valence-electron chi connectivity index (χ0n) is 16.2. The van der Waals surface area contributed by atoms with Crippen LogP contribution in [-0.4, -0.2) is 70.8 Å². The number of aliphatic hydroxyl groups excluding tert-OH is 2. The molecular formula is C11H22N3O15P3. The third kappa shape index (κ3) is 8.70. The molecule has 0 radical (unpaired) electrons. The maximum Gasteiger partial charge on any atom is 0.490 e. The zero-order chi connectivity index (χ0) is 25.0. The number of aromatic amines is 1. The number of ether oxygens (including phenoxy) is 1. The van der Waals surface area contributed by atoms with Gasteiger partial charge in [0.2, 0.25) is 0 Å². The molecule has 1 aromatic heterocycles. The Hall–Kier alpha value is -1.07. The Balaban J connectivity index is 3.12. The normalized spacial score (nSPS) is 20.0. The Labute approximate surface area is 178 Å². The smallest absolute Gasteiger partial charge is 0.392 e. The van der Waals surface area contributed by atoms with E-state index in [2.05, 4.69) is 13.1 Å². The highest BCUT2D eigenvalue weighted by Crippen LogP contribution is 2.66. The highest BCUT2D eigenvalue weighted by Gasteiger charge is 2.45. The molecule has 0 amide bonds. The van der Waals surface area contributed by atoms with Crippen LogP contribution in [0.5, 0.6) is 0 Å². The minimum absolute atomic E-state index is 0.685. The highest BCUT2D eigenvalue weighted by atomic mass is 31.3. The van der Waals surface area contributed by atoms with Crippen molar-refractivity contribution in [3.05, 3.63) is 33.1 Å². The number of aliphatic hydroxyl groups is 2. The van der Waals surface area contributed by atoms with Crippen LogP contribution >= 0.6 is 23.5 Å². The minimum Gasteiger partial charge on any atom is -0.392 e. The summed E-state index contributed by atoms with van der Waals surface area (Å²) in [5, 5.41) is 19.7. The predicted octanol–water partition coefficient (Wildman–Crippen LogP) is -2.53.